The number of thiocarbonyl (C=S) groups is 1. The average Bonchev–Trinajstić information content (AvgIpc) is 2.93. The number of carbonyl (C=O) groups is 2. The summed E-state index contributed by atoms with van der Waals surface area (Å²) >= 11 is 12.1. The minimum atomic E-state index is -0.292. The molecule has 1 fully saturated rings. The molecular weight excluding hydrogens is 516 g/mol. The molecule has 0 aromatic heterocycles. The van der Waals surface area contributed by atoms with Crippen LogP contribution in [0.1, 0.15) is 26.3 Å². The van der Waals surface area contributed by atoms with E-state index in [-0.39, 0.29) is 16.9 Å². The Balaban J connectivity index is 1.25. The van der Waals surface area contributed by atoms with Crippen LogP contribution in [0.2, 0.25) is 5.02 Å². The van der Waals surface area contributed by atoms with Gasteiger partial charge < -0.3 is 15.1 Å². The maximum Gasteiger partial charge on any atom is 0.257 e. The summed E-state index contributed by atoms with van der Waals surface area (Å²) in [5, 5.41) is 8.71. The molecule has 0 saturated carbocycles. The molecule has 0 atom stereocenters. The second kappa shape index (κ2) is 11.2. The van der Waals surface area contributed by atoms with Crippen molar-refractivity contribution in [3.8, 4) is 0 Å². The van der Waals surface area contributed by atoms with Gasteiger partial charge in [-0.1, -0.05) is 65.7 Å². The van der Waals surface area contributed by atoms with Crippen LogP contribution in [-0.4, -0.2) is 48.0 Å². The normalized spacial score (nSPS) is 13.3. The Kier molecular flexibility index (Phi) is 7.58. The van der Waals surface area contributed by atoms with Gasteiger partial charge in [0.1, 0.15) is 0 Å². The lowest BCUT2D eigenvalue weighted by molar-refractivity contribution is 0.0746. The van der Waals surface area contributed by atoms with Crippen LogP contribution in [0.25, 0.3) is 10.8 Å². The smallest absolute Gasteiger partial charge is 0.257 e. The minimum absolute atomic E-state index is 0.0275. The summed E-state index contributed by atoms with van der Waals surface area (Å²) in [6.07, 6.45) is 0. The van der Waals surface area contributed by atoms with Crippen molar-refractivity contribution in [2.45, 2.75) is 6.92 Å². The molecule has 1 aliphatic heterocycles. The van der Waals surface area contributed by atoms with Gasteiger partial charge in [0.15, 0.2) is 5.11 Å². The van der Waals surface area contributed by atoms with Crippen LogP contribution in [0.4, 0.5) is 11.4 Å². The van der Waals surface area contributed by atoms with Gasteiger partial charge >= 0.3 is 0 Å². The van der Waals surface area contributed by atoms with Crippen LogP contribution >= 0.6 is 23.8 Å². The van der Waals surface area contributed by atoms with Gasteiger partial charge in [-0.15, -0.1) is 0 Å². The number of hydrogen-bond donors (Lipinski definition) is 2. The average molecular weight is 543 g/mol. The van der Waals surface area contributed by atoms with Crippen molar-refractivity contribution < 1.29 is 9.59 Å². The molecule has 6 nitrogen and oxygen atoms in total. The zero-order valence-electron chi connectivity index (χ0n) is 20.9. The van der Waals surface area contributed by atoms with Crippen LogP contribution in [-0.2, 0) is 0 Å². The van der Waals surface area contributed by atoms with Gasteiger partial charge in [0.25, 0.3) is 11.8 Å². The highest BCUT2D eigenvalue weighted by Crippen LogP contribution is 2.34. The number of fused-ring (bicyclic) bond motifs is 1. The molecule has 2 amide bonds. The van der Waals surface area contributed by atoms with E-state index in [1.165, 1.54) is 0 Å². The van der Waals surface area contributed by atoms with Crippen molar-refractivity contribution in [2.24, 2.45) is 0 Å². The maximum absolute atomic E-state index is 12.9. The van der Waals surface area contributed by atoms with Crippen molar-refractivity contribution in [2.75, 3.05) is 36.4 Å². The molecule has 38 heavy (non-hydrogen) atoms. The van der Waals surface area contributed by atoms with E-state index in [0.29, 0.717) is 48.0 Å². The van der Waals surface area contributed by atoms with Gasteiger partial charge in [-0.05, 0) is 66.3 Å². The molecule has 0 aliphatic carbocycles. The summed E-state index contributed by atoms with van der Waals surface area (Å²) in [7, 11) is 0. The number of rotatable bonds is 4. The number of nitrogens with one attached hydrogen (secondary N) is 2. The lowest BCUT2D eigenvalue weighted by Crippen LogP contribution is -2.49. The zero-order valence-corrected chi connectivity index (χ0v) is 22.5. The number of anilines is 2. The van der Waals surface area contributed by atoms with Gasteiger partial charge in [0.05, 0.1) is 16.4 Å². The van der Waals surface area contributed by atoms with Crippen molar-refractivity contribution in [3.05, 3.63) is 107 Å². The fourth-order valence-electron chi connectivity index (χ4n) is 4.61. The topological polar surface area (TPSA) is 64.7 Å². The Bertz CT molecular complexity index is 1510. The summed E-state index contributed by atoms with van der Waals surface area (Å²) in [5.74, 6) is -0.264. The monoisotopic (exact) mass is 542 g/mol. The predicted molar refractivity (Wildman–Crippen MR) is 158 cm³/mol. The van der Waals surface area contributed by atoms with E-state index in [9.17, 15) is 9.59 Å². The largest absolute Gasteiger partial charge is 0.365 e. The molecule has 0 spiro atoms. The molecule has 0 bridgehead atoms. The molecule has 0 unspecified atom stereocenters. The van der Waals surface area contributed by atoms with Crippen molar-refractivity contribution in [1.29, 1.82) is 0 Å². The summed E-state index contributed by atoms with van der Waals surface area (Å²) in [6.45, 7) is 4.38. The summed E-state index contributed by atoms with van der Waals surface area (Å²) in [4.78, 5) is 29.8. The van der Waals surface area contributed by atoms with Crippen LogP contribution < -0.4 is 15.5 Å². The quantitative estimate of drug-likeness (QED) is 0.315. The van der Waals surface area contributed by atoms with Crippen LogP contribution in [0.15, 0.2) is 84.9 Å². The van der Waals surface area contributed by atoms with Gasteiger partial charge in [-0.2, -0.15) is 0 Å². The summed E-state index contributed by atoms with van der Waals surface area (Å²) in [6, 6.07) is 26.6. The lowest BCUT2D eigenvalue weighted by Gasteiger charge is -2.37. The first-order chi connectivity index (χ1) is 18.4. The first-order valence-electron chi connectivity index (χ1n) is 12.4. The Morgan fingerprint density at radius 3 is 2.24 bits per heavy atom. The number of para-hydroxylation sites is 1. The molecule has 4 aromatic rings. The standard InChI is InChI=1S/C30H27ClN4O2S/c1-20-9-11-22(12-10-20)29(37)35-17-15-34(16-18-35)27-25(31)7-4-8-26(27)32-30(38)33-28(36)24-14-13-21-5-2-3-6-23(21)19-24/h2-14,19H,15-18H2,1H3,(H2,32,33,36,38). The van der Waals surface area contributed by atoms with E-state index >= 15 is 0 Å². The Morgan fingerprint density at radius 1 is 0.816 bits per heavy atom. The van der Waals surface area contributed by atoms with Gasteiger partial charge in [-0.3, -0.25) is 14.9 Å². The van der Waals surface area contributed by atoms with Crippen LogP contribution in [0, 0.1) is 6.92 Å². The van der Waals surface area contributed by atoms with Gasteiger partial charge in [0.2, 0.25) is 0 Å². The Morgan fingerprint density at radius 2 is 1.50 bits per heavy atom. The number of benzene rings is 4. The fraction of sp³-hybridized carbons (Fsp3) is 0.167. The molecular formula is C30H27ClN4O2S. The third-order valence-corrected chi connectivity index (χ3v) is 7.16. The summed E-state index contributed by atoms with van der Waals surface area (Å²) < 4.78 is 0. The van der Waals surface area contributed by atoms with E-state index in [4.69, 9.17) is 23.8 Å². The van der Waals surface area contributed by atoms with Gasteiger partial charge in [-0.25, -0.2) is 0 Å². The Hall–Kier alpha value is -3.94. The Labute approximate surface area is 232 Å². The predicted octanol–water partition coefficient (Wildman–Crippen LogP) is 5.89. The maximum atomic E-state index is 12.9. The highest BCUT2D eigenvalue weighted by Gasteiger charge is 2.25. The van der Waals surface area contributed by atoms with Gasteiger partial charge in [0, 0.05) is 37.3 Å². The van der Waals surface area contributed by atoms with E-state index in [2.05, 4.69) is 15.5 Å². The molecule has 5 rings (SSSR count). The number of aryl methyl sites for hydroxylation is 1. The van der Waals surface area contributed by atoms with E-state index in [1.807, 2.05) is 90.7 Å². The first kappa shape index (κ1) is 25.7. The minimum Gasteiger partial charge on any atom is -0.365 e. The molecule has 1 aliphatic rings. The number of hydrogen-bond acceptors (Lipinski definition) is 4. The van der Waals surface area contributed by atoms with E-state index in [0.717, 1.165) is 22.0 Å². The fourth-order valence-corrected chi connectivity index (χ4v) is 5.11. The highest BCUT2D eigenvalue weighted by molar-refractivity contribution is 7.80. The molecule has 8 heteroatoms. The van der Waals surface area contributed by atoms with E-state index < -0.39 is 0 Å². The molecule has 1 heterocycles. The molecule has 4 aromatic carbocycles. The van der Waals surface area contributed by atoms with Crippen molar-refractivity contribution >= 4 is 62.9 Å². The lowest BCUT2D eigenvalue weighted by atomic mass is 10.1. The number of piperazine rings is 1. The zero-order chi connectivity index (χ0) is 26.6. The second-order valence-electron chi connectivity index (χ2n) is 9.25. The summed E-state index contributed by atoms with van der Waals surface area (Å²) in [5.41, 5.74) is 3.82. The number of amides is 2. The molecule has 0 radical (unpaired) electrons. The second-order valence-corrected chi connectivity index (χ2v) is 10.1. The van der Waals surface area contributed by atoms with E-state index in [1.54, 1.807) is 6.07 Å². The van der Waals surface area contributed by atoms with Crippen LogP contribution in [0.3, 0.4) is 0 Å². The SMILES string of the molecule is Cc1ccc(C(=O)N2CCN(c3c(Cl)cccc3NC(=S)NC(=O)c3ccc4ccccc4c3)CC2)cc1. The van der Waals surface area contributed by atoms with Crippen molar-refractivity contribution in [1.82, 2.24) is 10.2 Å². The first-order valence-corrected chi connectivity index (χ1v) is 13.2. The number of nitrogens with zero attached hydrogens (tertiary/aromatic N) is 2. The van der Waals surface area contributed by atoms with Crippen LogP contribution in [0.5, 0.6) is 0 Å². The number of halogens is 1. The third kappa shape index (κ3) is 5.64. The molecule has 192 valence electrons. The van der Waals surface area contributed by atoms with Crippen molar-refractivity contribution in [3.63, 3.8) is 0 Å². The molecule has 2 N–H and O–H groups in total. The molecule has 1 saturated heterocycles. The third-order valence-electron chi connectivity index (χ3n) is 6.66. The highest BCUT2D eigenvalue weighted by atomic mass is 35.5. The number of carbonyl (C=O) groups excluding carboxylic acids is 2.